The molecule has 0 aliphatic heterocycles. The van der Waals surface area contributed by atoms with Gasteiger partial charge in [0.1, 0.15) is 5.71 Å². The quantitative estimate of drug-likeness (QED) is 0.457. The maximum atomic E-state index is 11.6. The van der Waals surface area contributed by atoms with Gasteiger partial charge in [0.15, 0.2) is 0 Å². The largest absolute Gasteiger partial charge is 0.429 e. The second-order valence-electron chi connectivity index (χ2n) is 1.30. The second-order valence-corrected chi connectivity index (χ2v) is 1.86. The van der Waals surface area contributed by atoms with Gasteiger partial charge in [0.05, 0.1) is 5.33 Å². The van der Waals surface area contributed by atoms with Crippen LogP contribution in [0.1, 0.15) is 0 Å². The van der Waals surface area contributed by atoms with Gasteiger partial charge in [-0.3, -0.25) is 4.99 Å². The molecular weight excluding hydrogens is 199 g/mol. The average Bonchev–Trinajstić information content (AvgIpc) is 1.65. The van der Waals surface area contributed by atoms with Gasteiger partial charge >= 0.3 is 6.18 Å². The molecule has 0 unspecified atom stereocenters. The van der Waals surface area contributed by atoms with Crippen LogP contribution in [0.5, 0.6) is 0 Å². The van der Waals surface area contributed by atoms with E-state index in [1.54, 1.807) is 0 Å². The Balaban J connectivity index is 4.14. The van der Waals surface area contributed by atoms with E-state index in [2.05, 4.69) is 20.9 Å². The Morgan fingerprint density at radius 3 is 2.00 bits per heavy atom. The highest BCUT2D eigenvalue weighted by Gasteiger charge is 2.33. The van der Waals surface area contributed by atoms with Crippen LogP contribution in [-0.4, -0.2) is 24.3 Å². The summed E-state index contributed by atoms with van der Waals surface area (Å²) in [5, 5.41) is -0.243. The lowest BCUT2D eigenvalue weighted by Crippen LogP contribution is -2.23. The van der Waals surface area contributed by atoms with Crippen LogP contribution in [0.2, 0.25) is 0 Å². The third-order valence-corrected chi connectivity index (χ3v) is 1.25. The highest BCUT2D eigenvalue weighted by molar-refractivity contribution is 9.09. The summed E-state index contributed by atoms with van der Waals surface area (Å²) in [6, 6.07) is 0. The molecule has 0 aromatic rings. The van der Waals surface area contributed by atoms with Crippen LogP contribution < -0.4 is 0 Å². The summed E-state index contributed by atoms with van der Waals surface area (Å²) in [5.74, 6) is 0. The minimum Gasteiger partial charge on any atom is -0.287 e. The summed E-state index contributed by atoms with van der Waals surface area (Å²) in [5.41, 5.74) is -0.789. The first-order valence-corrected chi connectivity index (χ1v) is 3.23. The van der Waals surface area contributed by atoms with Gasteiger partial charge in [0.2, 0.25) is 0 Å². The van der Waals surface area contributed by atoms with E-state index in [0.29, 0.717) is 0 Å². The van der Waals surface area contributed by atoms with Crippen molar-refractivity contribution in [3.63, 3.8) is 0 Å². The molecule has 0 aliphatic rings. The van der Waals surface area contributed by atoms with Crippen LogP contribution in [0, 0.1) is 0 Å². The van der Waals surface area contributed by atoms with E-state index in [1.165, 1.54) is 0 Å². The van der Waals surface area contributed by atoms with E-state index in [4.69, 9.17) is 0 Å². The van der Waals surface area contributed by atoms with Crippen molar-refractivity contribution in [2.45, 2.75) is 6.18 Å². The van der Waals surface area contributed by atoms with Crippen LogP contribution >= 0.6 is 15.9 Å². The van der Waals surface area contributed by atoms with Crippen molar-refractivity contribution in [1.29, 1.82) is 0 Å². The molecule has 0 aromatic carbocycles. The van der Waals surface area contributed by atoms with Crippen LogP contribution in [0.15, 0.2) is 4.99 Å². The molecule has 0 aliphatic carbocycles. The molecule has 0 saturated heterocycles. The zero-order valence-electron chi connectivity index (χ0n) is 4.67. The lowest BCUT2D eigenvalue weighted by atomic mass is 10.4. The normalized spacial score (nSPS) is 14.1. The highest BCUT2D eigenvalue weighted by atomic mass is 79.9. The van der Waals surface area contributed by atoms with Crippen LogP contribution in [0.4, 0.5) is 13.2 Å². The van der Waals surface area contributed by atoms with Crippen molar-refractivity contribution < 1.29 is 13.2 Å². The average molecular weight is 204 g/mol. The lowest BCUT2D eigenvalue weighted by Gasteiger charge is -2.04. The Morgan fingerprint density at radius 2 is 2.00 bits per heavy atom. The first-order valence-electron chi connectivity index (χ1n) is 2.11. The van der Waals surface area contributed by atoms with Gasteiger partial charge in [-0.15, -0.1) is 0 Å². The molecule has 5 heteroatoms. The minimum atomic E-state index is -4.28. The van der Waals surface area contributed by atoms with Gasteiger partial charge in [-0.2, -0.15) is 13.2 Å². The highest BCUT2D eigenvalue weighted by Crippen LogP contribution is 2.17. The smallest absolute Gasteiger partial charge is 0.287 e. The predicted octanol–water partition coefficient (Wildman–Crippen LogP) is 2.01. The van der Waals surface area contributed by atoms with Gasteiger partial charge < -0.3 is 0 Å². The SMILES string of the molecule is CN=C(CBr)C(F)(F)F. The zero-order valence-corrected chi connectivity index (χ0v) is 6.25. The van der Waals surface area contributed by atoms with Crippen molar-refractivity contribution in [3.8, 4) is 0 Å². The van der Waals surface area contributed by atoms with Crippen LogP contribution in [-0.2, 0) is 0 Å². The number of rotatable bonds is 1. The molecular formula is C4H5BrF3N. The molecule has 0 amide bonds. The van der Waals surface area contributed by atoms with E-state index < -0.39 is 11.9 Å². The Kier molecular flexibility index (Phi) is 3.17. The van der Waals surface area contributed by atoms with Gasteiger partial charge in [-0.1, -0.05) is 15.9 Å². The Hall–Kier alpha value is -0.0600. The summed E-state index contributed by atoms with van der Waals surface area (Å²) in [6.07, 6.45) is -4.28. The summed E-state index contributed by atoms with van der Waals surface area (Å²) in [4.78, 5) is 3.02. The molecule has 0 heterocycles. The first-order chi connectivity index (χ1) is 4.02. The van der Waals surface area contributed by atoms with E-state index in [0.717, 1.165) is 7.05 Å². The lowest BCUT2D eigenvalue weighted by molar-refractivity contribution is -0.0589. The fourth-order valence-corrected chi connectivity index (χ4v) is 0.831. The van der Waals surface area contributed by atoms with Crippen LogP contribution in [0.3, 0.4) is 0 Å². The minimum absolute atomic E-state index is 0.243. The number of hydrogen-bond acceptors (Lipinski definition) is 1. The van der Waals surface area contributed by atoms with Gasteiger partial charge in [0.25, 0.3) is 0 Å². The number of hydrogen-bond donors (Lipinski definition) is 0. The molecule has 0 aromatic heterocycles. The van der Waals surface area contributed by atoms with Crippen molar-refractivity contribution >= 4 is 21.6 Å². The summed E-state index contributed by atoms with van der Waals surface area (Å²) >= 11 is 2.66. The zero-order chi connectivity index (χ0) is 7.49. The monoisotopic (exact) mass is 203 g/mol. The molecule has 0 radical (unpaired) electrons. The van der Waals surface area contributed by atoms with Crippen molar-refractivity contribution in [1.82, 2.24) is 0 Å². The van der Waals surface area contributed by atoms with Gasteiger partial charge in [-0.05, 0) is 0 Å². The van der Waals surface area contributed by atoms with E-state index in [9.17, 15) is 13.2 Å². The van der Waals surface area contributed by atoms with E-state index in [-0.39, 0.29) is 5.33 Å². The Labute approximate surface area is 59.1 Å². The third-order valence-electron chi connectivity index (χ3n) is 0.724. The molecule has 0 fully saturated rings. The third kappa shape index (κ3) is 2.84. The summed E-state index contributed by atoms with van der Waals surface area (Å²) in [7, 11) is 1.12. The van der Waals surface area contributed by atoms with Crippen molar-refractivity contribution in [2.75, 3.05) is 12.4 Å². The summed E-state index contributed by atoms with van der Waals surface area (Å²) < 4.78 is 34.7. The second kappa shape index (κ2) is 3.20. The van der Waals surface area contributed by atoms with Crippen LogP contribution in [0.25, 0.3) is 0 Å². The number of nitrogens with zero attached hydrogens (tertiary/aromatic N) is 1. The molecule has 0 N–H and O–H groups in total. The topological polar surface area (TPSA) is 12.4 Å². The van der Waals surface area contributed by atoms with Crippen molar-refractivity contribution in [2.24, 2.45) is 4.99 Å². The number of alkyl halides is 4. The molecule has 0 rings (SSSR count). The predicted molar refractivity (Wildman–Crippen MR) is 33.2 cm³/mol. The number of halogens is 4. The molecule has 0 bridgehead atoms. The Morgan fingerprint density at radius 1 is 1.56 bits per heavy atom. The molecule has 54 valence electrons. The summed E-state index contributed by atoms with van der Waals surface area (Å²) in [6.45, 7) is 0. The molecule has 0 spiro atoms. The molecule has 9 heavy (non-hydrogen) atoms. The van der Waals surface area contributed by atoms with Crippen molar-refractivity contribution in [3.05, 3.63) is 0 Å². The fourth-order valence-electron chi connectivity index (χ4n) is 0.262. The van der Waals surface area contributed by atoms with Gasteiger partial charge in [0, 0.05) is 7.05 Å². The maximum Gasteiger partial charge on any atom is 0.429 e. The Bertz CT molecular complexity index is 117. The molecule has 1 nitrogen and oxygen atoms in total. The van der Waals surface area contributed by atoms with E-state index in [1.807, 2.05) is 0 Å². The standard InChI is InChI=1S/C4H5BrF3N/c1-9-3(2-5)4(6,7)8/h2H2,1H3. The first kappa shape index (κ1) is 8.94. The maximum absolute atomic E-state index is 11.6. The molecule has 0 atom stereocenters. The fraction of sp³-hybridized carbons (Fsp3) is 0.750. The number of aliphatic imine (C=N–C) groups is 1. The van der Waals surface area contributed by atoms with Gasteiger partial charge in [-0.25, -0.2) is 0 Å². The van der Waals surface area contributed by atoms with E-state index >= 15 is 0 Å². The molecule has 0 saturated carbocycles.